The zero-order valence-electron chi connectivity index (χ0n) is 8.89. The zero-order chi connectivity index (χ0) is 12.1. The molecule has 84 valence electrons. The van der Waals surface area contributed by atoms with Gasteiger partial charge in [-0.15, -0.1) is 0 Å². The van der Waals surface area contributed by atoms with Crippen LogP contribution in [-0.4, -0.2) is 9.97 Å². The van der Waals surface area contributed by atoms with Gasteiger partial charge in [0.1, 0.15) is 17.7 Å². The summed E-state index contributed by atoms with van der Waals surface area (Å²) >= 11 is 0. The SMILES string of the molecule is N#Cc1cnc(NCc2cccc(F)c2)cn1. The van der Waals surface area contributed by atoms with Crippen molar-refractivity contribution in [1.29, 1.82) is 5.26 Å². The van der Waals surface area contributed by atoms with Crippen molar-refractivity contribution >= 4 is 5.82 Å². The van der Waals surface area contributed by atoms with E-state index in [-0.39, 0.29) is 11.5 Å². The molecule has 4 nitrogen and oxygen atoms in total. The lowest BCUT2D eigenvalue weighted by atomic mass is 10.2. The van der Waals surface area contributed by atoms with Crippen LogP contribution in [-0.2, 0) is 6.54 Å². The molecule has 5 heteroatoms. The Labute approximate surface area is 97.8 Å². The van der Waals surface area contributed by atoms with Gasteiger partial charge in [0.15, 0.2) is 5.69 Å². The summed E-state index contributed by atoms with van der Waals surface area (Å²) in [5, 5.41) is 11.5. The van der Waals surface area contributed by atoms with Gasteiger partial charge >= 0.3 is 0 Å². The molecule has 0 saturated carbocycles. The van der Waals surface area contributed by atoms with Crippen LogP contribution in [0.4, 0.5) is 10.2 Å². The molecule has 0 amide bonds. The lowest BCUT2D eigenvalue weighted by molar-refractivity contribution is 0.626. The summed E-state index contributed by atoms with van der Waals surface area (Å²) in [6, 6.07) is 8.19. The number of nitrogens with one attached hydrogen (secondary N) is 1. The van der Waals surface area contributed by atoms with Crippen molar-refractivity contribution in [3.63, 3.8) is 0 Å². The summed E-state index contributed by atoms with van der Waals surface area (Å²) < 4.78 is 12.9. The molecule has 0 unspecified atom stereocenters. The van der Waals surface area contributed by atoms with Crippen LogP contribution in [0.3, 0.4) is 0 Å². The van der Waals surface area contributed by atoms with Crippen LogP contribution in [0.2, 0.25) is 0 Å². The molecule has 1 heterocycles. The fraction of sp³-hybridized carbons (Fsp3) is 0.0833. The molecule has 0 aliphatic carbocycles. The van der Waals surface area contributed by atoms with E-state index in [4.69, 9.17) is 5.26 Å². The normalized spacial score (nSPS) is 9.65. The molecule has 0 aliphatic heterocycles. The van der Waals surface area contributed by atoms with Crippen molar-refractivity contribution in [2.45, 2.75) is 6.54 Å². The summed E-state index contributed by atoms with van der Waals surface area (Å²) in [5.74, 6) is 0.281. The van der Waals surface area contributed by atoms with Crippen LogP contribution >= 0.6 is 0 Å². The van der Waals surface area contributed by atoms with Crippen LogP contribution in [0, 0.1) is 17.1 Å². The van der Waals surface area contributed by atoms with Crippen LogP contribution < -0.4 is 5.32 Å². The third-order valence-corrected chi connectivity index (χ3v) is 2.13. The molecule has 0 radical (unpaired) electrons. The van der Waals surface area contributed by atoms with Crippen molar-refractivity contribution < 1.29 is 4.39 Å². The third-order valence-electron chi connectivity index (χ3n) is 2.13. The van der Waals surface area contributed by atoms with Gasteiger partial charge in [-0.2, -0.15) is 5.26 Å². The number of nitrogens with zero attached hydrogens (tertiary/aromatic N) is 3. The van der Waals surface area contributed by atoms with E-state index in [1.54, 1.807) is 6.07 Å². The fourth-order valence-corrected chi connectivity index (χ4v) is 1.32. The number of halogens is 1. The highest BCUT2D eigenvalue weighted by atomic mass is 19.1. The Morgan fingerprint density at radius 1 is 1.29 bits per heavy atom. The molecule has 0 saturated heterocycles. The molecule has 0 bridgehead atoms. The van der Waals surface area contributed by atoms with E-state index in [1.165, 1.54) is 24.5 Å². The Kier molecular flexibility index (Phi) is 3.26. The molecule has 0 spiro atoms. The van der Waals surface area contributed by atoms with Crippen LogP contribution in [0.15, 0.2) is 36.7 Å². The maximum absolute atomic E-state index is 12.9. The van der Waals surface area contributed by atoms with Crippen molar-refractivity contribution in [1.82, 2.24) is 9.97 Å². The maximum atomic E-state index is 12.9. The molecule has 2 aromatic rings. The minimum atomic E-state index is -0.268. The number of nitriles is 1. The summed E-state index contributed by atoms with van der Waals surface area (Å²) in [6.45, 7) is 0.457. The van der Waals surface area contributed by atoms with E-state index in [0.29, 0.717) is 12.4 Å². The molecule has 17 heavy (non-hydrogen) atoms. The number of hydrogen-bond donors (Lipinski definition) is 1. The first-order chi connectivity index (χ1) is 8.28. The second-order valence-electron chi connectivity index (χ2n) is 3.38. The van der Waals surface area contributed by atoms with Crippen molar-refractivity contribution in [2.24, 2.45) is 0 Å². The number of rotatable bonds is 3. The number of hydrogen-bond acceptors (Lipinski definition) is 4. The minimum Gasteiger partial charge on any atom is -0.365 e. The van der Waals surface area contributed by atoms with Gasteiger partial charge in [-0.1, -0.05) is 12.1 Å². The highest BCUT2D eigenvalue weighted by Crippen LogP contribution is 2.07. The second-order valence-corrected chi connectivity index (χ2v) is 3.38. The molecule has 0 atom stereocenters. The smallest absolute Gasteiger partial charge is 0.158 e. The first-order valence-corrected chi connectivity index (χ1v) is 4.98. The Morgan fingerprint density at radius 2 is 2.18 bits per heavy atom. The Balaban J connectivity index is 2.00. The quantitative estimate of drug-likeness (QED) is 0.873. The summed E-state index contributed by atoms with van der Waals surface area (Å²) in [4.78, 5) is 7.86. The molecule has 2 rings (SSSR count). The summed E-state index contributed by atoms with van der Waals surface area (Å²) in [5.41, 5.74) is 1.08. The van der Waals surface area contributed by atoms with Crippen molar-refractivity contribution in [3.8, 4) is 6.07 Å². The second kappa shape index (κ2) is 5.03. The topological polar surface area (TPSA) is 61.6 Å². The van der Waals surface area contributed by atoms with Crippen molar-refractivity contribution in [3.05, 3.63) is 53.7 Å². The van der Waals surface area contributed by atoms with Gasteiger partial charge < -0.3 is 5.32 Å². The molecule has 1 N–H and O–H groups in total. The van der Waals surface area contributed by atoms with Gasteiger partial charge in [-0.3, -0.25) is 0 Å². The first-order valence-electron chi connectivity index (χ1n) is 4.98. The lowest BCUT2D eigenvalue weighted by Crippen LogP contribution is -2.02. The molecule has 0 aliphatic rings. The Hall–Kier alpha value is -2.48. The van der Waals surface area contributed by atoms with Gasteiger partial charge in [0, 0.05) is 6.54 Å². The number of benzene rings is 1. The van der Waals surface area contributed by atoms with E-state index in [0.717, 1.165) is 5.56 Å². The number of anilines is 1. The molecule has 1 aromatic heterocycles. The van der Waals surface area contributed by atoms with E-state index in [1.807, 2.05) is 12.1 Å². The van der Waals surface area contributed by atoms with Gasteiger partial charge in [0.25, 0.3) is 0 Å². The van der Waals surface area contributed by atoms with Crippen LogP contribution in [0.25, 0.3) is 0 Å². The Morgan fingerprint density at radius 3 is 2.82 bits per heavy atom. The van der Waals surface area contributed by atoms with E-state index in [2.05, 4.69) is 15.3 Å². The summed E-state index contributed by atoms with van der Waals surface area (Å²) in [6.07, 6.45) is 2.85. The summed E-state index contributed by atoms with van der Waals surface area (Å²) in [7, 11) is 0. The highest BCUT2D eigenvalue weighted by Gasteiger charge is 1.98. The fourth-order valence-electron chi connectivity index (χ4n) is 1.32. The molecule has 0 fully saturated rings. The van der Waals surface area contributed by atoms with Gasteiger partial charge in [-0.25, -0.2) is 14.4 Å². The van der Waals surface area contributed by atoms with Crippen LogP contribution in [0.1, 0.15) is 11.3 Å². The molecule has 1 aromatic carbocycles. The predicted octanol–water partition coefficient (Wildman–Crippen LogP) is 2.10. The largest absolute Gasteiger partial charge is 0.365 e. The monoisotopic (exact) mass is 228 g/mol. The van der Waals surface area contributed by atoms with Crippen LogP contribution in [0.5, 0.6) is 0 Å². The lowest BCUT2D eigenvalue weighted by Gasteiger charge is -2.04. The minimum absolute atomic E-state index is 0.265. The van der Waals surface area contributed by atoms with Gasteiger partial charge in [0.05, 0.1) is 12.4 Å². The maximum Gasteiger partial charge on any atom is 0.158 e. The van der Waals surface area contributed by atoms with Crippen molar-refractivity contribution in [2.75, 3.05) is 5.32 Å². The highest BCUT2D eigenvalue weighted by molar-refractivity contribution is 5.34. The zero-order valence-corrected chi connectivity index (χ0v) is 8.89. The van der Waals surface area contributed by atoms with E-state index < -0.39 is 0 Å². The molecular formula is C12H9FN4. The van der Waals surface area contributed by atoms with E-state index >= 15 is 0 Å². The van der Waals surface area contributed by atoms with Gasteiger partial charge in [-0.05, 0) is 17.7 Å². The average Bonchev–Trinajstić information content (AvgIpc) is 2.37. The van der Waals surface area contributed by atoms with Gasteiger partial charge in [0.2, 0.25) is 0 Å². The predicted molar refractivity (Wildman–Crippen MR) is 60.5 cm³/mol. The molecular weight excluding hydrogens is 219 g/mol. The number of aromatic nitrogens is 2. The Bertz CT molecular complexity index is 545. The third kappa shape index (κ3) is 2.98. The van der Waals surface area contributed by atoms with E-state index in [9.17, 15) is 4.39 Å². The standard InChI is InChI=1S/C12H9FN4/c13-10-3-1-2-9(4-10)6-16-12-8-15-11(5-14)7-17-12/h1-4,7-8H,6H2,(H,16,17). The first kappa shape index (κ1) is 11.0. The average molecular weight is 228 g/mol.